The summed E-state index contributed by atoms with van der Waals surface area (Å²) in [5, 5.41) is 2.80. The second kappa shape index (κ2) is 7.18. The predicted octanol–water partition coefficient (Wildman–Crippen LogP) is 4.27. The third-order valence-corrected chi connectivity index (χ3v) is 3.98. The predicted molar refractivity (Wildman–Crippen MR) is 82.4 cm³/mol. The molecule has 0 aliphatic carbocycles. The van der Waals surface area contributed by atoms with Gasteiger partial charge in [-0.15, -0.1) is 0 Å². The number of carbonyl (C=O) groups is 1. The van der Waals surface area contributed by atoms with Crippen LogP contribution in [0, 0.1) is 0 Å². The Kier molecular flexibility index (Phi) is 5.48. The fraction of sp³-hybridized carbons (Fsp3) is 0.214. The highest BCUT2D eigenvalue weighted by molar-refractivity contribution is 8.00. The number of thioether (sulfide) groups is 1. The molecule has 0 radical (unpaired) electrons. The van der Waals surface area contributed by atoms with Crippen molar-refractivity contribution in [1.82, 2.24) is 9.97 Å². The Bertz CT molecular complexity index is 677. The van der Waals surface area contributed by atoms with E-state index in [9.17, 15) is 18.0 Å². The molecule has 23 heavy (non-hydrogen) atoms. The molecule has 0 bridgehead atoms. The fourth-order valence-electron chi connectivity index (χ4n) is 1.53. The summed E-state index contributed by atoms with van der Waals surface area (Å²) >= 11 is 6.74. The number of carbonyl (C=O) groups excluding carboxylic acids is 1. The maximum absolute atomic E-state index is 12.5. The van der Waals surface area contributed by atoms with Crippen LogP contribution in [0.3, 0.4) is 0 Å². The van der Waals surface area contributed by atoms with Crippen molar-refractivity contribution >= 4 is 35.1 Å². The molecular formula is C14H11ClF3N3OS. The molecule has 4 nitrogen and oxygen atoms in total. The van der Waals surface area contributed by atoms with E-state index in [0.29, 0.717) is 15.9 Å². The summed E-state index contributed by atoms with van der Waals surface area (Å²) in [6.45, 7) is 1.62. The van der Waals surface area contributed by atoms with Gasteiger partial charge in [-0.3, -0.25) is 4.79 Å². The molecule has 1 unspecified atom stereocenters. The van der Waals surface area contributed by atoms with Crippen LogP contribution >= 0.6 is 23.4 Å². The molecule has 0 aromatic carbocycles. The molecule has 0 spiro atoms. The largest absolute Gasteiger partial charge is 0.417 e. The second-order valence-electron chi connectivity index (χ2n) is 4.49. The van der Waals surface area contributed by atoms with E-state index in [-0.39, 0.29) is 5.91 Å². The van der Waals surface area contributed by atoms with Gasteiger partial charge in [0, 0.05) is 12.4 Å². The molecule has 2 aromatic heterocycles. The van der Waals surface area contributed by atoms with E-state index in [0.717, 1.165) is 24.0 Å². The first-order chi connectivity index (χ1) is 10.8. The van der Waals surface area contributed by atoms with Crippen LogP contribution in [0.15, 0.2) is 41.7 Å². The van der Waals surface area contributed by atoms with Gasteiger partial charge in [0.15, 0.2) is 0 Å². The zero-order chi connectivity index (χ0) is 17.0. The van der Waals surface area contributed by atoms with Gasteiger partial charge >= 0.3 is 6.18 Å². The number of anilines is 1. The molecule has 0 aliphatic heterocycles. The third-order valence-electron chi connectivity index (χ3n) is 2.71. The molecule has 0 saturated carbocycles. The summed E-state index contributed by atoms with van der Waals surface area (Å²) in [7, 11) is 0. The van der Waals surface area contributed by atoms with Gasteiger partial charge in [0.25, 0.3) is 0 Å². The van der Waals surface area contributed by atoms with Crippen LogP contribution in [0.4, 0.5) is 19.0 Å². The lowest BCUT2D eigenvalue weighted by molar-refractivity contribution is -0.137. The summed E-state index contributed by atoms with van der Waals surface area (Å²) < 4.78 is 37.4. The van der Waals surface area contributed by atoms with Gasteiger partial charge < -0.3 is 5.32 Å². The van der Waals surface area contributed by atoms with Crippen molar-refractivity contribution in [2.24, 2.45) is 0 Å². The third kappa shape index (κ3) is 5.11. The summed E-state index contributed by atoms with van der Waals surface area (Å²) in [4.78, 5) is 19.7. The van der Waals surface area contributed by atoms with Crippen molar-refractivity contribution in [1.29, 1.82) is 0 Å². The van der Waals surface area contributed by atoms with E-state index in [4.69, 9.17) is 11.6 Å². The van der Waals surface area contributed by atoms with Crippen LogP contribution in [0.2, 0.25) is 5.02 Å². The van der Waals surface area contributed by atoms with Crippen LogP contribution in [0.25, 0.3) is 0 Å². The maximum Gasteiger partial charge on any atom is 0.417 e. The highest BCUT2D eigenvalue weighted by Crippen LogP contribution is 2.30. The minimum absolute atomic E-state index is 0.324. The first-order valence-electron chi connectivity index (χ1n) is 6.38. The van der Waals surface area contributed by atoms with Gasteiger partial charge in [-0.1, -0.05) is 23.4 Å². The van der Waals surface area contributed by atoms with Gasteiger partial charge in [0.2, 0.25) is 5.91 Å². The van der Waals surface area contributed by atoms with Crippen LogP contribution in [0.1, 0.15) is 12.5 Å². The molecule has 1 atom stereocenters. The Labute approximate surface area is 139 Å². The smallest absolute Gasteiger partial charge is 0.310 e. The quantitative estimate of drug-likeness (QED) is 0.826. The number of amides is 1. The average molecular weight is 362 g/mol. The molecule has 0 aliphatic rings. The number of hydrogen-bond acceptors (Lipinski definition) is 4. The van der Waals surface area contributed by atoms with Crippen molar-refractivity contribution in [2.75, 3.05) is 5.32 Å². The monoisotopic (exact) mass is 361 g/mol. The van der Waals surface area contributed by atoms with Gasteiger partial charge in [0.1, 0.15) is 5.82 Å². The molecule has 1 N–H and O–H groups in total. The van der Waals surface area contributed by atoms with Crippen LogP contribution in [-0.4, -0.2) is 21.1 Å². The Morgan fingerprint density at radius 3 is 2.48 bits per heavy atom. The lowest BCUT2D eigenvalue weighted by Crippen LogP contribution is -2.23. The maximum atomic E-state index is 12.5. The number of nitrogens with zero attached hydrogens (tertiary/aromatic N) is 2. The lowest BCUT2D eigenvalue weighted by Gasteiger charge is -2.12. The van der Waals surface area contributed by atoms with E-state index in [1.54, 1.807) is 19.1 Å². The summed E-state index contributed by atoms with van der Waals surface area (Å²) in [5.74, 6) is -0.00116. The van der Waals surface area contributed by atoms with Crippen molar-refractivity contribution in [3.63, 3.8) is 0 Å². The normalized spacial score (nSPS) is 12.7. The van der Waals surface area contributed by atoms with Crippen molar-refractivity contribution < 1.29 is 18.0 Å². The van der Waals surface area contributed by atoms with E-state index >= 15 is 0 Å². The zero-order valence-electron chi connectivity index (χ0n) is 11.8. The Balaban J connectivity index is 1.96. The molecular weight excluding hydrogens is 351 g/mol. The van der Waals surface area contributed by atoms with Gasteiger partial charge in [0.05, 0.1) is 20.9 Å². The number of alkyl halides is 3. The fourth-order valence-corrected chi connectivity index (χ4v) is 2.43. The Morgan fingerprint density at radius 2 is 1.96 bits per heavy atom. The van der Waals surface area contributed by atoms with Crippen molar-refractivity contribution in [3.05, 3.63) is 47.2 Å². The molecule has 1 amide bonds. The summed E-state index contributed by atoms with van der Waals surface area (Å²) in [6.07, 6.45) is -2.29. The highest BCUT2D eigenvalue weighted by Gasteiger charge is 2.30. The topological polar surface area (TPSA) is 54.9 Å². The number of halogens is 4. The number of hydrogen-bond donors (Lipinski definition) is 1. The Morgan fingerprint density at radius 1 is 1.22 bits per heavy atom. The standard InChI is InChI=1S/C14H11ClF3N3OS/c1-8(13(22)21-11-4-3-10(15)7-19-11)23-12-5-2-9(6-20-12)14(16,17)18/h2-8H,1H3,(H,19,21,22). The van der Waals surface area contributed by atoms with Crippen LogP contribution in [-0.2, 0) is 11.0 Å². The zero-order valence-corrected chi connectivity index (χ0v) is 13.3. The molecule has 2 rings (SSSR count). The second-order valence-corrected chi connectivity index (χ2v) is 6.29. The molecule has 2 heterocycles. The van der Waals surface area contributed by atoms with Crippen molar-refractivity contribution in [2.45, 2.75) is 23.4 Å². The number of pyridine rings is 2. The SMILES string of the molecule is CC(Sc1ccc(C(F)(F)F)cn1)C(=O)Nc1ccc(Cl)cn1. The van der Waals surface area contributed by atoms with Crippen LogP contribution < -0.4 is 5.32 Å². The molecule has 0 saturated heterocycles. The summed E-state index contributed by atoms with van der Waals surface area (Å²) in [5.41, 5.74) is -0.829. The van der Waals surface area contributed by atoms with E-state index in [1.807, 2.05) is 0 Å². The van der Waals surface area contributed by atoms with E-state index in [2.05, 4.69) is 15.3 Å². The van der Waals surface area contributed by atoms with Crippen LogP contribution in [0.5, 0.6) is 0 Å². The molecule has 122 valence electrons. The first kappa shape index (κ1) is 17.6. The molecule has 9 heteroatoms. The molecule has 0 fully saturated rings. The summed E-state index contributed by atoms with van der Waals surface area (Å²) in [6, 6.07) is 5.30. The molecule has 2 aromatic rings. The first-order valence-corrected chi connectivity index (χ1v) is 7.64. The lowest BCUT2D eigenvalue weighted by atomic mass is 10.3. The van der Waals surface area contributed by atoms with Gasteiger partial charge in [-0.2, -0.15) is 13.2 Å². The number of nitrogens with one attached hydrogen (secondary N) is 1. The number of rotatable bonds is 4. The average Bonchev–Trinajstić information content (AvgIpc) is 2.49. The van der Waals surface area contributed by atoms with E-state index in [1.165, 1.54) is 12.3 Å². The minimum atomic E-state index is -4.43. The minimum Gasteiger partial charge on any atom is -0.310 e. The highest BCUT2D eigenvalue weighted by atomic mass is 35.5. The van der Waals surface area contributed by atoms with Gasteiger partial charge in [-0.25, -0.2) is 9.97 Å². The number of aromatic nitrogens is 2. The Hall–Kier alpha value is -1.80. The van der Waals surface area contributed by atoms with Crippen molar-refractivity contribution in [3.8, 4) is 0 Å². The van der Waals surface area contributed by atoms with Gasteiger partial charge in [-0.05, 0) is 31.2 Å². The van der Waals surface area contributed by atoms with E-state index < -0.39 is 17.0 Å².